The Balaban J connectivity index is 3.24. The maximum absolute atomic E-state index is 11.0. The zero-order valence-corrected chi connectivity index (χ0v) is 9.71. The summed E-state index contributed by atoms with van der Waals surface area (Å²) in [5.74, 6) is -0.596. The molecule has 0 heterocycles. The van der Waals surface area contributed by atoms with Crippen LogP contribution in [0.25, 0.3) is 0 Å². The third-order valence-electron chi connectivity index (χ3n) is 1.85. The molecule has 5 nitrogen and oxygen atoms in total. The molecule has 0 atom stereocenters. The third-order valence-corrected chi connectivity index (χ3v) is 2.36. The minimum absolute atomic E-state index is 0.101. The van der Waals surface area contributed by atoms with Crippen LogP contribution in [0.3, 0.4) is 0 Å². The summed E-state index contributed by atoms with van der Waals surface area (Å²) in [6.07, 6.45) is -0.243. The number of halogens is 2. The van der Waals surface area contributed by atoms with Crippen LogP contribution in [-0.4, -0.2) is 18.0 Å². The molecule has 1 aromatic carbocycles. The second-order valence-corrected chi connectivity index (χ2v) is 3.75. The Labute approximate surface area is 101 Å². The second kappa shape index (κ2) is 5.14. The first kappa shape index (κ1) is 12.7. The summed E-state index contributed by atoms with van der Waals surface area (Å²) in [6, 6.07) is 2.57. The number of rotatable bonds is 3. The van der Waals surface area contributed by atoms with Gasteiger partial charge in [-0.25, -0.2) is 0 Å². The highest BCUT2D eigenvalue weighted by Crippen LogP contribution is 2.32. The summed E-state index contributed by atoms with van der Waals surface area (Å²) in [5.41, 5.74) is -0.189. The van der Waals surface area contributed by atoms with Crippen molar-refractivity contribution in [1.29, 1.82) is 0 Å². The van der Waals surface area contributed by atoms with Crippen molar-refractivity contribution in [1.82, 2.24) is 0 Å². The lowest BCUT2D eigenvalue weighted by Crippen LogP contribution is -2.07. The van der Waals surface area contributed by atoms with E-state index < -0.39 is 10.9 Å². The van der Waals surface area contributed by atoms with E-state index in [1.807, 2.05) is 0 Å². The number of hydrogen-bond acceptors (Lipinski definition) is 4. The molecule has 0 aromatic heterocycles. The summed E-state index contributed by atoms with van der Waals surface area (Å²) in [7, 11) is 1.19. The largest absolute Gasteiger partial charge is 0.469 e. The lowest BCUT2D eigenvalue weighted by Gasteiger charge is -2.04. The number of nitro benzene ring substituents is 1. The number of methoxy groups -OCH3 is 1. The molecular formula is C9H7Cl2NO4. The van der Waals surface area contributed by atoms with Gasteiger partial charge in [0.05, 0.1) is 18.5 Å². The average Bonchev–Trinajstić information content (AvgIpc) is 2.15. The summed E-state index contributed by atoms with van der Waals surface area (Å²) in [4.78, 5) is 21.1. The molecule has 0 aliphatic heterocycles. The topological polar surface area (TPSA) is 69.4 Å². The quantitative estimate of drug-likeness (QED) is 0.478. The lowest BCUT2D eigenvalue weighted by atomic mass is 10.1. The summed E-state index contributed by atoms with van der Waals surface area (Å²) in [6.45, 7) is 0. The molecule has 1 aromatic rings. The standard InChI is InChI=1S/C9H7Cl2NO4/c1-16-8(13)3-5-2-6(10)4-7(11)9(5)12(14)15/h2,4H,3H2,1H3. The third kappa shape index (κ3) is 2.84. The van der Waals surface area contributed by atoms with Crippen molar-refractivity contribution in [3.63, 3.8) is 0 Å². The Morgan fingerprint density at radius 3 is 2.62 bits per heavy atom. The van der Waals surface area contributed by atoms with Crippen LogP contribution >= 0.6 is 23.2 Å². The van der Waals surface area contributed by atoms with Gasteiger partial charge in [0.2, 0.25) is 0 Å². The van der Waals surface area contributed by atoms with E-state index in [-0.39, 0.29) is 27.7 Å². The highest BCUT2D eigenvalue weighted by atomic mass is 35.5. The average molecular weight is 264 g/mol. The van der Waals surface area contributed by atoms with Crippen molar-refractivity contribution in [2.45, 2.75) is 6.42 Å². The fourth-order valence-corrected chi connectivity index (χ4v) is 1.79. The molecule has 0 amide bonds. The molecule has 16 heavy (non-hydrogen) atoms. The highest BCUT2D eigenvalue weighted by molar-refractivity contribution is 6.36. The van der Waals surface area contributed by atoms with Crippen molar-refractivity contribution >= 4 is 34.9 Å². The minimum atomic E-state index is -0.656. The predicted octanol–water partition coefficient (Wildman–Crippen LogP) is 2.62. The first-order valence-corrected chi connectivity index (χ1v) is 4.90. The Morgan fingerprint density at radius 2 is 2.12 bits per heavy atom. The van der Waals surface area contributed by atoms with Crippen LogP contribution in [0.5, 0.6) is 0 Å². The van der Waals surface area contributed by atoms with Crippen LogP contribution in [-0.2, 0) is 16.0 Å². The number of esters is 1. The fourth-order valence-electron chi connectivity index (χ4n) is 1.19. The van der Waals surface area contributed by atoms with Crippen molar-refractivity contribution in [2.24, 2.45) is 0 Å². The van der Waals surface area contributed by atoms with Gasteiger partial charge in [0.1, 0.15) is 5.02 Å². The Morgan fingerprint density at radius 1 is 1.50 bits per heavy atom. The molecule has 0 aliphatic rings. The van der Waals surface area contributed by atoms with E-state index in [2.05, 4.69) is 4.74 Å². The maximum Gasteiger partial charge on any atom is 0.310 e. The number of benzene rings is 1. The molecule has 1 rings (SSSR count). The zero-order chi connectivity index (χ0) is 12.3. The number of carbonyl (C=O) groups excluding carboxylic acids is 1. The zero-order valence-electron chi connectivity index (χ0n) is 8.20. The summed E-state index contributed by atoms with van der Waals surface area (Å²) >= 11 is 11.4. The van der Waals surface area contributed by atoms with Gasteiger partial charge in [-0.3, -0.25) is 14.9 Å². The summed E-state index contributed by atoms with van der Waals surface area (Å²) < 4.78 is 4.42. The molecule has 0 fully saturated rings. The van der Waals surface area contributed by atoms with Gasteiger partial charge in [-0.05, 0) is 12.1 Å². The first-order chi connectivity index (χ1) is 7.45. The molecule has 0 N–H and O–H groups in total. The van der Waals surface area contributed by atoms with E-state index in [4.69, 9.17) is 23.2 Å². The van der Waals surface area contributed by atoms with Crippen LogP contribution < -0.4 is 0 Å². The molecule has 0 saturated heterocycles. The Kier molecular flexibility index (Phi) is 4.09. The van der Waals surface area contributed by atoms with Crippen molar-refractivity contribution in [3.05, 3.63) is 37.9 Å². The smallest absolute Gasteiger partial charge is 0.310 e. The number of ether oxygens (including phenoxy) is 1. The maximum atomic E-state index is 11.0. The van der Waals surface area contributed by atoms with Crippen LogP contribution in [0.4, 0.5) is 5.69 Å². The fraction of sp³-hybridized carbons (Fsp3) is 0.222. The lowest BCUT2D eigenvalue weighted by molar-refractivity contribution is -0.385. The minimum Gasteiger partial charge on any atom is -0.469 e. The van der Waals surface area contributed by atoms with Crippen LogP contribution in [0.1, 0.15) is 5.56 Å². The van der Waals surface area contributed by atoms with Crippen LogP contribution in [0, 0.1) is 10.1 Å². The van der Waals surface area contributed by atoms with E-state index >= 15 is 0 Å². The van der Waals surface area contributed by atoms with E-state index in [1.165, 1.54) is 19.2 Å². The molecule has 86 valence electrons. The molecule has 0 spiro atoms. The van der Waals surface area contributed by atoms with Gasteiger partial charge in [-0.2, -0.15) is 0 Å². The van der Waals surface area contributed by atoms with Crippen LogP contribution in [0.2, 0.25) is 10.0 Å². The highest BCUT2D eigenvalue weighted by Gasteiger charge is 2.21. The van der Waals surface area contributed by atoms with Gasteiger partial charge in [-0.1, -0.05) is 23.2 Å². The number of hydrogen-bond donors (Lipinski definition) is 0. The van der Waals surface area contributed by atoms with Gasteiger partial charge < -0.3 is 4.74 Å². The van der Waals surface area contributed by atoms with E-state index in [0.29, 0.717) is 0 Å². The van der Waals surface area contributed by atoms with Gasteiger partial charge in [0.25, 0.3) is 5.69 Å². The van der Waals surface area contributed by atoms with Gasteiger partial charge >= 0.3 is 5.97 Å². The molecule has 7 heteroatoms. The molecule has 0 radical (unpaired) electrons. The van der Waals surface area contributed by atoms with Crippen molar-refractivity contribution in [2.75, 3.05) is 7.11 Å². The monoisotopic (exact) mass is 263 g/mol. The SMILES string of the molecule is COC(=O)Cc1cc(Cl)cc(Cl)c1[N+](=O)[O-]. The van der Waals surface area contributed by atoms with Crippen molar-refractivity contribution in [3.8, 4) is 0 Å². The summed E-state index contributed by atoms with van der Waals surface area (Å²) in [5, 5.41) is 10.9. The van der Waals surface area contributed by atoms with Gasteiger partial charge in [-0.15, -0.1) is 0 Å². The van der Waals surface area contributed by atoms with Crippen molar-refractivity contribution < 1.29 is 14.5 Å². The number of nitrogens with zero attached hydrogens (tertiary/aromatic N) is 1. The Hall–Kier alpha value is -1.33. The molecule has 0 saturated carbocycles. The number of nitro groups is 1. The number of carbonyl (C=O) groups is 1. The molecule has 0 bridgehead atoms. The van der Waals surface area contributed by atoms with Crippen LogP contribution in [0.15, 0.2) is 12.1 Å². The Bertz CT molecular complexity index is 447. The van der Waals surface area contributed by atoms with E-state index in [9.17, 15) is 14.9 Å². The molecule has 0 aliphatic carbocycles. The molecular weight excluding hydrogens is 257 g/mol. The second-order valence-electron chi connectivity index (χ2n) is 2.91. The first-order valence-electron chi connectivity index (χ1n) is 4.15. The van der Waals surface area contributed by atoms with E-state index in [1.54, 1.807) is 0 Å². The van der Waals surface area contributed by atoms with Gasteiger partial charge in [0, 0.05) is 10.6 Å². The van der Waals surface area contributed by atoms with Gasteiger partial charge in [0.15, 0.2) is 0 Å². The van der Waals surface area contributed by atoms with E-state index in [0.717, 1.165) is 0 Å². The normalized spacial score (nSPS) is 9.94. The molecule has 0 unspecified atom stereocenters. The predicted molar refractivity (Wildman–Crippen MR) is 58.8 cm³/mol.